The topological polar surface area (TPSA) is 70.5 Å². The van der Waals surface area contributed by atoms with Crippen LogP contribution in [0.4, 0.5) is 0 Å². The van der Waals surface area contributed by atoms with E-state index in [2.05, 4.69) is 30.7 Å². The molecule has 1 aromatic heterocycles. The zero-order valence-electron chi connectivity index (χ0n) is 19.1. The Labute approximate surface area is 186 Å². The van der Waals surface area contributed by atoms with Crippen LogP contribution < -0.4 is 9.47 Å². The number of esters is 1. The first kappa shape index (κ1) is 24.8. The average Bonchev–Trinajstić information content (AvgIpc) is 2.80. The normalized spacial score (nSPS) is 11.8. The van der Waals surface area contributed by atoms with E-state index in [9.17, 15) is 4.79 Å². The smallest absolute Gasteiger partial charge is 0.311 e. The predicted octanol–water partition coefficient (Wildman–Crippen LogP) is 5.85. The number of hydrogen-bond acceptors (Lipinski definition) is 6. The third kappa shape index (κ3) is 9.92. The first-order valence-electron chi connectivity index (χ1n) is 11.5. The highest BCUT2D eigenvalue weighted by atomic mass is 16.5. The van der Waals surface area contributed by atoms with E-state index in [1.54, 1.807) is 24.5 Å². The van der Waals surface area contributed by atoms with Crippen molar-refractivity contribution in [2.45, 2.75) is 65.7 Å². The molecule has 0 fully saturated rings. The molecular formula is C25H36N2O4. The van der Waals surface area contributed by atoms with E-state index in [4.69, 9.17) is 14.2 Å². The van der Waals surface area contributed by atoms with Crippen molar-refractivity contribution in [2.75, 3.05) is 19.8 Å². The fraction of sp³-hybridized carbons (Fsp3) is 0.560. The van der Waals surface area contributed by atoms with Crippen molar-refractivity contribution in [1.82, 2.24) is 9.97 Å². The molecule has 170 valence electrons. The molecule has 0 saturated carbocycles. The van der Waals surface area contributed by atoms with E-state index in [0.29, 0.717) is 42.9 Å². The maximum absolute atomic E-state index is 11.9. The van der Waals surface area contributed by atoms with Gasteiger partial charge < -0.3 is 14.2 Å². The number of rotatable bonds is 15. The van der Waals surface area contributed by atoms with Crippen LogP contribution in [0.5, 0.6) is 11.5 Å². The minimum Gasteiger partial charge on any atom is -0.490 e. The fourth-order valence-corrected chi connectivity index (χ4v) is 2.87. The number of hydrogen-bond donors (Lipinski definition) is 0. The van der Waals surface area contributed by atoms with Gasteiger partial charge in [-0.3, -0.25) is 4.79 Å². The maximum atomic E-state index is 11.9. The van der Waals surface area contributed by atoms with Gasteiger partial charge in [-0.1, -0.05) is 40.0 Å². The summed E-state index contributed by atoms with van der Waals surface area (Å²) in [5.74, 6) is 2.11. The number of aromatic nitrogens is 2. The SMILES string of the molecule is CCCCCOCCCOc1cnc(-c2ccc(OC(=O)CCC(C)CC)cc2)nc1. The van der Waals surface area contributed by atoms with Gasteiger partial charge in [0, 0.05) is 31.6 Å². The van der Waals surface area contributed by atoms with Crippen LogP contribution >= 0.6 is 0 Å². The summed E-state index contributed by atoms with van der Waals surface area (Å²) in [6.07, 6.45) is 10.1. The number of benzene rings is 1. The van der Waals surface area contributed by atoms with Crippen molar-refractivity contribution in [2.24, 2.45) is 5.92 Å². The minimum absolute atomic E-state index is 0.197. The molecule has 1 heterocycles. The Balaban J connectivity index is 1.72. The van der Waals surface area contributed by atoms with E-state index >= 15 is 0 Å². The van der Waals surface area contributed by atoms with E-state index in [1.807, 2.05) is 12.1 Å². The molecule has 0 aliphatic rings. The second-order valence-corrected chi connectivity index (χ2v) is 7.81. The standard InChI is InChI=1S/C25H36N2O4/c1-4-6-7-15-29-16-8-17-30-23-18-26-25(27-19-23)21-10-12-22(13-11-21)31-24(28)14-9-20(3)5-2/h10-13,18-20H,4-9,14-17H2,1-3H3. The first-order valence-corrected chi connectivity index (χ1v) is 11.5. The van der Waals surface area contributed by atoms with Crippen molar-refractivity contribution < 1.29 is 19.0 Å². The summed E-state index contributed by atoms with van der Waals surface area (Å²) < 4.78 is 16.6. The third-order valence-corrected chi connectivity index (χ3v) is 5.10. The molecule has 1 unspecified atom stereocenters. The second kappa shape index (κ2) is 14.5. The Morgan fingerprint density at radius 1 is 0.935 bits per heavy atom. The maximum Gasteiger partial charge on any atom is 0.311 e. The van der Waals surface area contributed by atoms with Gasteiger partial charge in [0.15, 0.2) is 11.6 Å². The van der Waals surface area contributed by atoms with Gasteiger partial charge in [0.1, 0.15) is 5.75 Å². The molecule has 0 aliphatic heterocycles. The molecular weight excluding hydrogens is 392 g/mol. The predicted molar refractivity (Wildman–Crippen MR) is 122 cm³/mol. The lowest BCUT2D eigenvalue weighted by molar-refractivity contribution is -0.134. The van der Waals surface area contributed by atoms with Gasteiger partial charge in [0.25, 0.3) is 0 Å². The van der Waals surface area contributed by atoms with Crippen LogP contribution in [0.1, 0.15) is 65.7 Å². The summed E-state index contributed by atoms with van der Waals surface area (Å²) in [5.41, 5.74) is 0.853. The lowest BCUT2D eigenvalue weighted by Crippen LogP contribution is -2.09. The fourth-order valence-electron chi connectivity index (χ4n) is 2.87. The summed E-state index contributed by atoms with van der Waals surface area (Å²) in [7, 11) is 0. The van der Waals surface area contributed by atoms with Crippen molar-refractivity contribution in [1.29, 1.82) is 0 Å². The molecule has 1 atom stereocenters. The average molecular weight is 429 g/mol. The molecule has 1 aromatic carbocycles. The van der Waals surface area contributed by atoms with Crippen LogP contribution in [0.3, 0.4) is 0 Å². The van der Waals surface area contributed by atoms with Gasteiger partial charge in [0.2, 0.25) is 0 Å². The molecule has 0 saturated heterocycles. The minimum atomic E-state index is -0.197. The van der Waals surface area contributed by atoms with E-state index in [0.717, 1.165) is 37.9 Å². The van der Waals surface area contributed by atoms with Crippen molar-refractivity contribution >= 4 is 5.97 Å². The number of nitrogens with zero attached hydrogens (tertiary/aromatic N) is 2. The number of carbonyl (C=O) groups is 1. The first-order chi connectivity index (χ1) is 15.1. The van der Waals surface area contributed by atoms with Crippen LogP contribution in [0, 0.1) is 5.92 Å². The molecule has 0 bridgehead atoms. The summed E-state index contributed by atoms with van der Waals surface area (Å²) in [6, 6.07) is 7.24. The molecule has 0 amide bonds. The molecule has 6 heteroatoms. The lowest BCUT2D eigenvalue weighted by atomic mass is 10.0. The van der Waals surface area contributed by atoms with Crippen LogP contribution in [0.15, 0.2) is 36.7 Å². The molecule has 0 N–H and O–H groups in total. The zero-order chi connectivity index (χ0) is 22.3. The van der Waals surface area contributed by atoms with Crippen LogP contribution in [-0.2, 0) is 9.53 Å². The molecule has 2 rings (SSSR count). The van der Waals surface area contributed by atoms with Crippen LogP contribution in [0.2, 0.25) is 0 Å². The Morgan fingerprint density at radius 2 is 1.65 bits per heavy atom. The summed E-state index contributed by atoms with van der Waals surface area (Å²) in [4.78, 5) is 20.7. The van der Waals surface area contributed by atoms with Crippen LogP contribution in [0.25, 0.3) is 11.4 Å². The number of unbranched alkanes of at least 4 members (excludes halogenated alkanes) is 2. The summed E-state index contributed by atoms with van der Waals surface area (Å²) in [5, 5.41) is 0. The Kier molecular flexibility index (Phi) is 11.6. The highest BCUT2D eigenvalue weighted by molar-refractivity contribution is 5.72. The molecule has 0 spiro atoms. The highest BCUT2D eigenvalue weighted by Crippen LogP contribution is 2.21. The zero-order valence-corrected chi connectivity index (χ0v) is 19.1. The Bertz CT molecular complexity index is 747. The Morgan fingerprint density at radius 3 is 2.32 bits per heavy atom. The summed E-state index contributed by atoms with van der Waals surface area (Å²) >= 11 is 0. The van der Waals surface area contributed by atoms with Gasteiger partial charge in [0.05, 0.1) is 19.0 Å². The quantitative estimate of drug-likeness (QED) is 0.201. The number of carbonyl (C=O) groups excluding carboxylic acids is 1. The third-order valence-electron chi connectivity index (χ3n) is 5.10. The van der Waals surface area contributed by atoms with Gasteiger partial charge in [-0.15, -0.1) is 0 Å². The van der Waals surface area contributed by atoms with Gasteiger partial charge in [-0.25, -0.2) is 9.97 Å². The number of ether oxygens (including phenoxy) is 3. The molecule has 2 aromatic rings. The van der Waals surface area contributed by atoms with Gasteiger partial charge in [-0.05, 0) is 43.0 Å². The van der Waals surface area contributed by atoms with Crippen LogP contribution in [-0.4, -0.2) is 35.8 Å². The van der Waals surface area contributed by atoms with E-state index < -0.39 is 0 Å². The van der Waals surface area contributed by atoms with Crippen molar-refractivity contribution in [3.63, 3.8) is 0 Å². The van der Waals surface area contributed by atoms with Crippen molar-refractivity contribution in [3.8, 4) is 22.9 Å². The molecule has 31 heavy (non-hydrogen) atoms. The molecule has 0 radical (unpaired) electrons. The second-order valence-electron chi connectivity index (χ2n) is 7.81. The highest BCUT2D eigenvalue weighted by Gasteiger charge is 2.09. The monoisotopic (exact) mass is 428 g/mol. The summed E-state index contributed by atoms with van der Waals surface area (Å²) in [6.45, 7) is 8.55. The van der Waals surface area contributed by atoms with E-state index in [-0.39, 0.29) is 5.97 Å². The Hall–Kier alpha value is -2.47. The van der Waals surface area contributed by atoms with Gasteiger partial charge >= 0.3 is 5.97 Å². The lowest BCUT2D eigenvalue weighted by Gasteiger charge is -2.09. The molecule has 0 aliphatic carbocycles. The largest absolute Gasteiger partial charge is 0.490 e. The van der Waals surface area contributed by atoms with Gasteiger partial charge in [-0.2, -0.15) is 0 Å². The van der Waals surface area contributed by atoms with Crippen molar-refractivity contribution in [3.05, 3.63) is 36.7 Å². The molecule has 6 nitrogen and oxygen atoms in total. The van der Waals surface area contributed by atoms with E-state index in [1.165, 1.54) is 12.8 Å².